The van der Waals surface area contributed by atoms with E-state index < -0.39 is 0 Å². The topological polar surface area (TPSA) is 32.7 Å². The lowest BCUT2D eigenvalue weighted by Gasteiger charge is -2.35. The predicted molar refractivity (Wildman–Crippen MR) is 120 cm³/mol. The van der Waals surface area contributed by atoms with Crippen molar-refractivity contribution in [2.75, 3.05) is 0 Å². The van der Waals surface area contributed by atoms with Gasteiger partial charge < -0.3 is 5.11 Å². The van der Waals surface area contributed by atoms with Crippen LogP contribution in [-0.4, -0.2) is 22.4 Å². The second kappa shape index (κ2) is 9.91. The van der Waals surface area contributed by atoms with Crippen molar-refractivity contribution < 1.29 is 9.94 Å². The normalized spacial score (nSPS) is 18.4. The molecule has 0 saturated carbocycles. The highest BCUT2D eigenvalue weighted by atomic mass is 16.7. The van der Waals surface area contributed by atoms with E-state index in [-0.39, 0.29) is 18.2 Å². The molecular weight excluding hydrogens is 358 g/mol. The average Bonchev–Trinajstić information content (AvgIpc) is 2.70. The highest BCUT2D eigenvalue weighted by Gasteiger charge is 2.25. The van der Waals surface area contributed by atoms with Gasteiger partial charge in [-0.1, -0.05) is 67.4 Å². The van der Waals surface area contributed by atoms with Gasteiger partial charge in [0, 0.05) is 12.6 Å². The summed E-state index contributed by atoms with van der Waals surface area (Å²) in [4.78, 5) is 6.27. The van der Waals surface area contributed by atoms with Crippen LogP contribution in [0.5, 0.6) is 0 Å². The maximum Gasteiger partial charge on any atom is 0.100 e. The van der Waals surface area contributed by atoms with Crippen molar-refractivity contribution in [2.45, 2.75) is 65.2 Å². The van der Waals surface area contributed by atoms with Crippen molar-refractivity contribution >= 4 is 5.57 Å². The quantitative estimate of drug-likeness (QED) is 0.600. The van der Waals surface area contributed by atoms with Crippen LogP contribution in [0.1, 0.15) is 61.9 Å². The van der Waals surface area contributed by atoms with E-state index in [2.05, 4.69) is 68.5 Å². The first-order chi connectivity index (χ1) is 14.0. The maximum absolute atomic E-state index is 9.75. The Bertz CT molecular complexity index is 854. The van der Waals surface area contributed by atoms with Gasteiger partial charge in [0.2, 0.25) is 0 Å². The van der Waals surface area contributed by atoms with E-state index in [0.717, 1.165) is 12.8 Å². The first kappa shape index (κ1) is 21.4. The molecule has 154 valence electrons. The van der Waals surface area contributed by atoms with Gasteiger partial charge in [-0.25, -0.2) is 5.06 Å². The molecule has 0 bridgehead atoms. The molecular formula is C26H33NO2. The van der Waals surface area contributed by atoms with E-state index in [1.807, 2.05) is 24.3 Å². The molecule has 3 atom stereocenters. The van der Waals surface area contributed by atoms with E-state index in [9.17, 15) is 5.11 Å². The third-order valence-corrected chi connectivity index (χ3v) is 5.23. The first-order valence-corrected chi connectivity index (χ1v) is 10.7. The highest BCUT2D eigenvalue weighted by Crippen LogP contribution is 2.35. The fourth-order valence-corrected chi connectivity index (χ4v) is 3.91. The summed E-state index contributed by atoms with van der Waals surface area (Å²) in [5, 5.41) is 11.7. The highest BCUT2D eigenvalue weighted by molar-refractivity contribution is 5.75. The van der Waals surface area contributed by atoms with Crippen molar-refractivity contribution in [2.24, 2.45) is 0 Å². The fraction of sp³-hybridized carbons (Fsp3) is 0.385. The van der Waals surface area contributed by atoms with Gasteiger partial charge in [-0.05, 0) is 61.6 Å². The van der Waals surface area contributed by atoms with E-state index in [1.54, 1.807) is 6.92 Å². The smallest absolute Gasteiger partial charge is 0.100 e. The van der Waals surface area contributed by atoms with Gasteiger partial charge in [0.15, 0.2) is 0 Å². The van der Waals surface area contributed by atoms with Crippen molar-refractivity contribution in [3.05, 3.63) is 89.1 Å². The van der Waals surface area contributed by atoms with Gasteiger partial charge >= 0.3 is 0 Å². The second-order valence-corrected chi connectivity index (χ2v) is 8.06. The van der Waals surface area contributed by atoms with Crippen molar-refractivity contribution in [3.8, 4) is 0 Å². The summed E-state index contributed by atoms with van der Waals surface area (Å²) in [5.74, 6) is 0. The second-order valence-electron chi connectivity index (χ2n) is 8.06. The van der Waals surface area contributed by atoms with Crippen LogP contribution >= 0.6 is 0 Å². The summed E-state index contributed by atoms with van der Waals surface area (Å²) < 4.78 is 0. The molecule has 29 heavy (non-hydrogen) atoms. The molecule has 0 aromatic heterocycles. The zero-order valence-corrected chi connectivity index (χ0v) is 18.0. The van der Waals surface area contributed by atoms with Gasteiger partial charge in [-0.3, -0.25) is 4.84 Å². The Hall–Kier alpha value is -2.36. The number of aryl methyl sites for hydroxylation is 2. The van der Waals surface area contributed by atoms with Gasteiger partial charge in [-0.15, -0.1) is 0 Å². The Morgan fingerprint density at radius 2 is 1.86 bits per heavy atom. The van der Waals surface area contributed by atoms with Crippen LogP contribution in [0.3, 0.4) is 0 Å². The molecule has 0 spiro atoms. The SMILES string of the molecule is CCCc1ccc(C)cc1C1C=C(c2ccccc2)C=CN1OC(C)CC(C)O. The summed E-state index contributed by atoms with van der Waals surface area (Å²) in [5.41, 5.74) is 6.30. The molecule has 3 nitrogen and oxygen atoms in total. The Balaban J connectivity index is 1.99. The predicted octanol–water partition coefficient (Wildman–Crippen LogP) is 5.99. The Morgan fingerprint density at radius 3 is 2.55 bits per heavy atom. The summed E-state index contributed by atoms with van der Waals surface area (Å²) in [6, 6.07) is 17.2. The summed E-state index contributed by atoms with van der Waals surface area (Å²) in [6.45, 7) is 8.17. The molecule has 0 aliphatic carbocycles. The minimum atomic E-state index is -0.387. The molecule has 1 aliphatic heterocycles. The molecule has 1 N–H and O–H groups in total. The minimum Gasteiger partial charge on any atom is -0.393 e. The molecule has 2 aromatic rings. The van der Waals surface area contributed by atoms with Crippen molar-refractivity contribution in [3.63, 3.8) is 0 Å². The molecule has 1 heterocycles. The molecule has 0 radical (unpaired) electrons. The zero-order chi connectivity index (χ0) is 20.8. The number of hydroxylamine groups is 2. The Kier molecular flexibility index (Phi) is 7.29. The van der Waals surface area contributed by atoms with E-state index in [0.29, 0.717) is 6.42 Å². The third kappa shape index (κ3) is 5.59. The van der Waals surface area contributed by atoms with Crippen molar-refractivity contribution in [1.29, 1.82) is 0 Å². The lowest BCUT2D eigenvalue weighted by molar-refractivity contribution is -0.183. The van der Waals surface area contributed by atoms with Crippen LogP contribution in [0, 0.1) is 6.92 Å². The number of rotatable bonds is 8. The lowest BCUT2D eigenvalue weighted by atomic mass is 9.91. The molecule has 3 heteroatoms. The first-order valence-electron chi connectivity index (χ1n) is 10.7. The van der Waals surface area contributed by atoms with E-state index >= 15 is 0 Å². The molecule has 1 aliphatic rings. The molecule has 2 aromatic carbocycles. The standard InChI is InChI=1S/C26H33NO2/c1-5-9-23-13-12-19(2)16-25(23)26-18-24(22-10-7-6-8-11-22)14-15-27(26)29-21(4)17-20(3)28/h6-8,10-16,18,20-21,26,28H,5,9,17H2,1-4H3. The maximum atomic E-state index is 9.75. The Morgan fingerprint density at radius 1 is 1.10 bits per heavy atom. The number of benzene rings is 2. The molecule has 0 amide bonds. The van der Waals surface area contributed by atoms with Crippen LogP contribution in [-0.2, 0) is 11.3 Å². The number of nitrogens with zero attached hydrogens (tertiary/aromatic N) is 1. The van der Waals surface area contributed by atoms with Crippen LogP contribution in [0.15, 0.2) is 66.9 Å². The monoisotopic (exact) mass is 391 g/mol. The van der Waals surface area contributed by atoms with E-state index in [1.165, 1.54) is 27.8 Å². The molecule has 0 fully saturated rings. The molecule has 3 rings (SSSR count). The van der Waals surface area contributed by atoms with Crippen LogP contribution < -0.4 is 0 Å². The summed E-state index contributed by atoms with van der Waals surface area (Å²) in [7, 11) is 0. The van der Waals surface area contributed by atoms with Crippen LogP contribution in [0.25, 0.3) is 5.57 Å². The number of allylic oxidation sites excluding steroid dienone is 2. The minimum absolute atomic E-state index is 0.00638. The summed E-state index contributed by atoms with van der Waals surface area (Å²) in [6.07, 6.45) is 8.71. The van der Waals surface area contributed by atoms with Crippen LogP contribution in [0.2, 0.25) is 0 Å². The number of aliphatic hydroxyl groups is 1. The van der Waals surface area contributed by atoms with Crippen LogP contribution in [0.4, 0.5) is 0 Å². The third-order valence-electron chi connectivity index (χ3n) is 5.23. The number of hydrogen-bond acceptors (Lipinski definition) is 3. The zero-order valence-electron chi connectivity index (χ0n) is 18.0. The van der Waals surface area contributed by atoms with E-state index in [4.69, 9.17) is 4.84 Å². The van der Waals surface area contributed by atoms with Crippen molar-refractivity contribution in [1.82, 2.24) is 5.06 Å². The molecule has 3 unspecified atom stereocenters. The largest absolute Gasteiger partial charge is 0.393 e. The van der Waals surface area contributed by atoms with Gasteiger partial charge in [-0.2, -0.15) is 0 Å². The van der Waals surface area contributed by atoms with Gasteiger partial charge in [0.05, 0.1) is 12.2 Å². The number of hydrogen-bond donors (Lipinski definition) is 1. The summed E-state index contributed by atoms with van der Waals surface area (Å²) >= 11 is 0. The van der Waals surface area contributed by atoms with Gasteiger partial charge in [0.1, 0.15) is 6.04 Å². The molecule has 0 saturated heterocycles. The fourth-order valence-electron chi connectivity index (χ4n) is 3.91. The van der Waals surface area contributed by atoms with Gasteiger partial charge in [0.25, 0.3) is 0 Å². The lowest BCUT2D eigenvalue weighted by Crippen LogP contribution is -2.31. The number of aliphatic hydroxyl groups excluding tert-OH is 1. The average molecular weight is 392 g/mol. The Labute approximate surface area is 175 Å².